The van der Waals surface area contributed by atoms with Crippen molar-refractivity contribution in [2.75, 3.05) is 11.6 Å². The third-order valence-corrected chi connectivity index (χ3v) is 5.79. The monoisotopic (exact) mass is 417 g/mol. The summed E-state index contributed by atoms with van der Waals surface area (Å²) >= 11 is 8.36. The van der Waals surface area contributed by atoms with E-state index in [9.17, 15) is 4.79 Å². The van der Waals surface area contributed by atoms with Gasteiger partial charge in [-0.2, -0.15) is 16.9 Å². The standard InChI is InChI=1S/C18H19N5OS3/c1-4-8-23-15(21-22-18(23)25)14-11(2)19-17(27-14)20-16(24)13-7-5-6-12(9-13)10-26-3/h4-7,9H,1,8,10H2,2-3H3,(H,22,25)(H,19,20,24). The van der Waals surface area contributed by atoms with Crippen LogP contribution in [0.25, 0.3) is 10.7 Å². The van der Waals surface area contributed by atoms with Crippen LogP contribution in [0.2, 0.25) is 0 Å². The molecule has 6 nitrogen and oxygen atoms in total. The number of carbonyl (C=O) groups is 1. The fraction of sp³-hybridized carbons (Fsp3) is 0.222. The SMILES string of the molecule is C=CCn1c(-c2sc(NC(=O)c3cccc(CSC)c3)nc2C)n[nH]c1=S. The van der Waals surface area contributed by atoms with Crippen LogP contribution in [0, 0.1) is 11.7 Å². The molecule has 0 aliphatic heterocycles. The van der Waals surface area contributed by atoms with Crippen molar-refractivity contribution < 1.29 is 4.79 Å². The Hall–Kier alpha value is -2.23. The summed E-state index contributed by atoms with van der Waals surface area (Å²) in [6, 6.07) is 7.62. The third-order valence-electron chi connectivity index (χ3n) is 3.79. The van der Waals surface area contributed by atoms with Crippen LogP contribution in [0.15, 0.2) is 36.9 Å². The average molecular weight is 418 g/mol. The molecule has 0 bridgehead atoms. The van der Waals surface area contributed by atoms with Gasteiger partial charge in [-0.05, 0) is 43.1 Å². The topological polar surface area (TPSA) is 75.6 Å². The highest BCUT2D eigenvalue weighted by Gasteiger charge is 2.17. The summed E-state index contributed by atoms with van der Waals surface area (Å²) in [5.41, 5.74) is 2.52. The van der Waals surface area contributed by atoms with Crippen molar-refractivity contribution in [3.05, 3.63) is 58.5 Å². The number of anilines is 1. The Morgan fingerprint density at radius 1 is 1.52 bits per heavy atom. The van der Waals surface area contributed by atoms with E-state index in [-0.39, 0.29) is 5.91 Å². The van der Waals surface area contributed by atoms with Crippen molar-refractivity contribution in [2.45, 2.75) is 19.2 Å². The van der Waals surface area contributed by atoms with Crippen LogP contribution in [0.5, 0.6) is 0 Å². The molecule has 1 amide bonds. The molecule has 0 fully saturated rings. The average Bonchev–Trinajstić information content (AvgIpc) is 3.18. The molecule has 3 rings (SSSR count). The molecule has 0 radical (unpaired) electrons. The number of hydrogen-bond acceptors (Lipinski definition) is 6. The lowest BCUT2D eigenvalue weighted by atomic mass is 10.1. The van der Waals surface area contributed by atoms with Crippen LogP contribution in [0.3, 0.4) is 0 Å². The molecule has 27 heavy (non-hydrogen) atoms. The molecular weight excluding hydrogens is 398 g/mol. The summed E-state index contributed by atoms with van der Waals surface area (Å²) in [5.74, 6) is 1.38. The van der Waals surface area contributed by atoms with Gasteiger partial charge in [-0.25, -0.2) is 4.98 Å². The van der Waals surface area contributed by atoms with E-state index < -0.39 is 0 Å². The van der Waals surface area contributed by atoms with Crippen LogP contribution in [-0.2, 0) is 12.3 Å². The normalized spacial score (nSPS) is 10.7. The molecular formula is C18H19N5OS3. The first-order chi connectivity index (χ1) is 13.0. The highest BCUT2D eigenvalue weighted by Crippen LogP contribution is 2.32. The molecule has 0 saturated carbocycles. The number of H-pyrrole nitrogens is 1. The van der Waals surface area contributed by atoms with Crippen LogP contribution < -0.4 is 5.32 Å². The number of allylic oxidation sites excluding steroid dienone is 1. The second kappa shape index (κ2) is 8.64. The maximum absolute atomic E-state index is 12.6. The Balaban J connectivity index is 1.85. The van der Waals surface area contributed by atoms with Gasteiger partial charge in [0, 0.05) is 17.9 Å². The molecule has 140 valence electrons. The molecule has 0 aliphatic rings. The molecule has 0 saturated heterocycles. The van der Waals surface area contributed by atoms with Crippen LogP contribution in [0.1, 0.15) is 21.6 Å². The highest BCUT2D eigenvalue weighted by atomic mass is 32.2. The van der Waals surface area contributed by atoms with Gasteiger partial charge in [0.2, 0.25) is 0 Å². The lowest BCUT2D eigenvalue weighted by molar-refractivity contribution is 0.102. The van der Waals surface area contributed by atoms with E-state index in [1.165, 1.54) is 11.3 Å². The summed E-state index contributed by atoms with van der Waals surface area (Å²) in [6.45, 7) is 6.19. The van der Waals surface area contributed by atoms with Gasteiger partial charge in [0.1, 0.15) is 0 Å². The number of aryl methyl sites for hydroxylation is 1. The van der Waals surface area contributed by atoms with E-state index in [4.69, 9.17) is 12.2 Å². The van der Waals surface area contributed by atoms with Crippen molar-refractivity contribution in [1.29, 1.82) is 0 Å². The third kappa shape index (κ3) is 4.37. The maximum atomic E-state index is 12.6. The minimum atomic E-state index is -0.178. The van der Waals surface area contributed by atoms with E-state index in [1.807, 2.05) is 35.9 Å². The molecule has 1 aromatic carbocycles. The Kier molecular flexibility index (Phi) is 6.25. The van der Waals surface area contributed by atoms with Gasteiger partial charge in [0.15, 0.2) is 15.7 Å². The largest absolute Gasteiger partial charge is 0.298 e. The van der Waals surface area contributed by atoms with Gasteiger partial charge in [0.05, 0.1) is 10.6 Å². The summed E-state index contributed by atoms with van der Waals surface area (Å²) in [6.07, 6.45) is 3.80. The second-order valence-electron chi connectivity index (χ2n) is 5.77. The van der Waals surface area contributed by atoms with Crippen LogP contribution in [0.4, 0.5) is 5.13 Å². The number of carbonyl (C=O) groups excluding carboxylic acids is 1. The van der Waals surface area contributed by atoms with Gasteiger partial charge < -0.3 is 0 Å². The van der Waals surface area contributed by atoms with Crippen LogP contribution >= 0.6 is 35.3 Å². The first kappa shape index (κ1) is 19.5. The first-order valence-electron chi connectivity index (χ1n) is 8.16. The lowest BCUT2D eigenvalue weighted by Crippen LogP contribution is -2.11. The molecule has 2 N–H and O–H groups in total. The molecule has 9 heteroatoms. The Morgan fingerprint density at radius 3 is 3.07 bits per heavy atom. The molecule has 3 aromatic rings. The number of benzene rings is 1. The molecule has 0 atom stereocenters. The Morgan fingerprint density at radius 2 is 2.33 bits per heavy atom. The number of hydrogen-bond donors (Lipinski definition) is 2. The molecule has 0 spiro atoms. The minimum Gasteiger partial charge on any atom is -0.298 e. The summed E-state index contributed by atoms with van der Waals surface area (Å²) < 4.78 is 2.37. The van der Waals surface area contributed by atoms with Gasteiger partial charge in [-0.1, -0.05) is 29.5 Å². The van der Waals surface area contributed by atoms with Crippen molar-refractivity contribution >= 4 is 46.4 Å². The van der Waals surface area contributed by atoms with Crippen molar-refractivity contribution in [3.63, 3.8) is 0 Å². The predicted octanol–water partition coefficient (Wildman–Crippen LogP) is 4.67. The van der Waals surface area contributed by atoms with Crippen LogP contribution in [-0.4, -0.2) is 31.9 Å². The van der Waals surface area contributed by atoms with E-state index >= 15 is 0 Å². The highest BCUT2D eigenvalue weighted by molar-refractivity contribution is 7.97. The number of aromatic amines is 1. The number of aromatic nitrogens is 4. The van der Waals surface area contributed by atoms with Crippen molar-refractivity contribution in [1.82, 2.24) is 19.7 Å². The zero-order valence-corrected chi connectivity index (χ0v) is 17.4. The number of nitrogens with one attached hydrogen (secondary N) is 2. The molecule has 2 heterocycles. The summed E-state index contributed by atoms with van der Waals surface area (Å²) in [4.78, 5) is 17.9. The maximum Gasteiger partial charge on any atom is 0.257 e. The number of amides is 1. The van der Waals surface area contributed by atoms with Gasteiger partial charge >= 0.3 is 0 Å². The molecule has 2 aromatic heterocycles. The Bertz CT molecular complexity index is 1030. The first-order valence-corrected chi connectivity index (χ1v) is 10.8. The second-order valence-corrected chi connectivity index (χ2v) is 8.02. The number of nitrogens with zero attached hydrogens (tertiary/aromatic N) is 3. The zero-order chi connectivity index (χ0) is 19.4. The Labute approximate surface area is 170 Å². The zero-order valence-electron chi connectivity index (χ0n) is 15.0. The quantitative estimate of drug-likeness (QED) is 0.431. The number of thioether (sulfide) groups is 1. The summed E-state index contributed by atoms with van der Waals surface area (Å²) in [7, 11) is 0. The fourth-order valence-corrected chi connectivity index (χ4v) is 4.26. The molecule has 0 unspecified atom stereocenters. The smallest absolute Gasteiger partial charge is 0.257 e. The van der Waals surface area contributed by atoms with Gasteiger partial charge in [-0.3, -0.25) is 19.8 Å². The van der Waals surface area contributed by atoms with E-state index in [0.29, 0.717) is 27.8 Å². The predicted molar refractivity (Wildman–Crippen MR) is 115 cm³/mol. The van der Waals surface area contributed by atoms with Crippen molar-refractivity contribution in [3.8, 4) is 10.7 Å². The fourth-order valence-electron chi connectivity index (χ4n) is 2.59. The molecule has 0 aliphatic carbocycles. The summed E-state index contributed by atoms with van der Waals surface area (Å²) in [5, 5.41) is 10.5. The van der Waals surface area contributed by atoms with Gasteiger partial charge in [0.25, 0.3) is 5.91 Å². The van der Waals surface area contributed by atoms with Crippen molar-refractivity contribution in [2.24, 2.45) is 0 Å². The van der Waals surface area contributed by atoms with E-state index in [2.05, 4.69) is 27.1 Å². The minimum absolute atomic E-state index is 0.178. The number of rotatable bonds is 7. The van der Waals surface area contributed by atoms with E-state index in [0.717, 1.165) is 21.9 Å². The van der Waals surface area contributed by atoms with Gasteiger partial charge in [-0.15, -0.1) is 6.58 Å². The number of thiazole rings is 1. The lowest BCUT2D eigenvalue weighted by Gasteiger charge is -2.04. The van der Waals surface area contributed by atoms with E-state index in [1.54, 1.807) is 23.9 Å².